The fraction of sp³-hybridized carbons (Fsp3) is 0.200. The maximum absolute atomic E-state index is 13.4. The summed E-state index contributed by atoms with van der Waals surface area (Å²) in [7, 11) is 0. The molecule has 4 aromatic rings. The summed E-state index contributed by atoms with van der Waals surface area (Å²) in [6.07, 6.45) is 0.654. The van der Waals surface area contributed by atoms with Crippen molar-refractivity contribution in [2.24, 2.45) is 0 Å². The van der Waals surface area contributed by atoms with Gasteiger partial charge >= 0.3 is 5.97 Å². The lowest BCUT2D eigenvalue weighted by molar-refractivity contribution is 0.0460. The molecule has 4 rings (SSSR count). The molecule has 0 saturated carbocycles. The van der Waals surface area contributed by atoms with Crippen LogP contribution >= 0.6 is 0 Å². The molecule has 0 N–H and O–H groups in total. The third kappa shape index (κ3) is 6.27. The first-order valence-corrected chi connectivity index (χ1v) is 11.7. The number of esters is 1. The van der Waals surface area contributed by atoms with Gasteiger partial charge in [0, 0.05) is 11.3 Å². The Morgan fingerprint density at radius 2 is 1.20 bits per heavy atom. The molecular formula is C30H29NO4. The highest BCUT2D eigenvalue weighted by molar-refractivity contribution is 5.95. The molecule has 5 heteroatoms. The van der Waals surface area contributed by atoms with Gasteiger partial charge in [-0.2, -0.15) is 0 Å². The van der Waals surface area contributed by atoms with Crippen LogP contribution in [-0.4, -0.2) is 11.0 Å². The van der Waals surface area contributed by atoms with Gasteiger partial charge in [-0.25, -0.2) is 9.78 Å². The van der Waals surface area contributed by atoms with Crippen molar-refractivity contribution in [1.29, 1.82) is 0 Å². The zero-order chi connectivity index (χ0) is 24.5. The minimum Gasteiger partial charge on any atom is -0.487 e. The average molecular weight is 468 g/mol. The fourth-order valence-electron chi connectivity index (χ4n) is 3.80. The van der Waals surface area contributed by atoms with E-state index >= 15 is 0 Å². The van der Waals surface area contributed by atoms with Crippen LogP contribution in [0.15, 0.2) is 91.0 Å². The smallest absolute Gasteiger partial charge is 0.347 e. The number of aromatic nitrogens is 1. The lowest BCUT2D eigenvalue weighted by Gasteiger charge is -2.19. The summed E-state index contributed by atoms with van der Waals surface area (Å²) in [4.78, 5) is 18.1. The van der Waals surface area contributed by atoms with Crippen molar-refractivity contribution in [2.75, 3.05) is 0 Å². The molecule has 0 bridgehead atoms. The molecule has 0 radical (unpaired) electrons. The Morgan fingerprint density at radius 1 is 0.714 bits per heavy atom. The molecule has 0 unspecified atom stereocenters. The second-order valence-electron chi connectivity index (χ2n) is 8.15. The number of carbonyl (C=O) groups is 1. The Balaban J connectivity index is 1.68. The number of benzene rings is 3. The number of aryl methyl sites for hydroxylation is 1. The van der Waals surface area contributed by atoms with Gasteiger partial charge < -0.3 is 14.2 Å². The van der Waals surface area contributed by atoms with E-state index in [1.54, 1.807) is 0 Å². The van der Waals surface area contributed by atoms with Gasteiger partial charge in [0.1, 0.15) is 25.6 Å². The van der Waals surface area contributed by atoms with Crippen LogP contribution < -0.4 is 9.47 Å². The predicted octanol–water partition coefficient (Wildman–Crippen LogP) is 6.47. The third-order valence-electron chi connectivity index (χ3n) is 5.64. The first kappa shape index (κ1) is 24.0. The van der Waals surface area contributed by atoms with Gasteiger partial charge in [0.05, 0.1) is 0 Å². The normalized spacial score (nSPS) is 10.6. The van der Waals surface area contributed by atoms with E-state index in [0.29, 0.717) is 18.8 Å². The minimum atomic E-state index is -0.526. The van der Waals surface area contributed by atoms with E-state index in [4.69, 9.17) is 14.2 Å². The Hall–Kier alpha value is -4.12. The molecule has 5 nitrogen and oxygen atoms in total. The quantitative estimate of drug-likeness (QED) is 0.250. The molecule has 178 valence electrons. The van der Waals surface area contributed by atoms with E-state index in [2.05, 4.69) is 4.98 Å². The second kappa shape index (κ2) is 11.8. The van der Waals surface area contributed by atoms with Crippen molar-refractivity contribution in [3.05, 3.63) is 125 Å². The Kier molecular flexibility index (Phi) is 8.12. The summed E-state index contributed by atoms with van der Waals surface area (Å²) in [5.41, 5.74) is 4.71. The van der Waals surface area contributed by atoms with Gasteiger partial charge in [-0.05, 0) is 30.0 Å². The van der Waals surface area contributed by atoms with Gasteiger partial charge in [0.2, 0.25) is 5.88 Å². The summed E-state index contributed by atoms with van der Waals surface area (Å²) < 4.78 is 18.0. The lowest BCUT2D eigenvalue weighted by Crippen LogP contribution is -2.15. The van der Waals surface area contributed by atoms with Crippen LogP contribution in [0.2, 0.25) is 0 Å². The Bertz CT molecular complexity index is 1240. The van der Waals surface area contributed by atoms with Gasteiger partial charge in [-0.3, -0.25) is 0 Å². The highest BCUT2D eigenvalue weighted by Gasteiger charge is 2.27. The first-order valence-electron chi connectivity index (χ1n) is 11.7. The van der Waals surface area contributed by atoms with E-state index in [1.165, 1.54) is 0 Å². The molecule has 0 amide bonds. The largest absolute Gasteiger partial charge is 0.487 e. The number of rotatable bonds is 10. The van der Waals surface area contributed by atoms with Crippen molar-refractivity contribution >= 4 is 5.97 Å². The summed E-state index contributed by atoms with van der Waals surface area (Å²) in [5.74, 6) is 0.150. The van der Waals surface area contributed by atoms with Gasteiger partial charge in [-0.15, -0.1) is 0 Å². The summed E-state index contributed by atoms with van der Waals surface area (Å²) >= 11 is 0. The van der Waals surface area contributed by atoms with Gasteiger partial charge in [-0.1, -0.05) is 97.9 Å². The predicted molar refractivity (Wildman–Crippen MR) is 135 cm³/mol. The maximum atomic E-state index is 13.4. The molecule has 0 atom stereocenters. The van der Waals surface area contributed by atoms with Gasteiger partial charge in [0.25, 0.3) is 0 Å². The molecule has 0 aliphatic heterocycles. The molecule has 0 fully saturated rings. The zero-order valence-electron chi connectivity index (χ0n) is 20.1. The molecule has 0 aliphatic carbocycles. The topological polar surface area (TPSA) is 57.7 Å². The zero-order valence-corrected chi connectivity index (χ0v) is 20.1. The molecular weight excluding hydrogens is 438 g/mol. The third-order valence-corrected chi connectivity index (χ3v) is 5.64. The molecule has 0 spiro atoms. The molecule has 1 aromatic heterocycles. The number of hydrogen-bond acceptors (Lipinski definition) is 5. The van der Waals surface area contributed by atoms with E-state index < -0.39 is 5.97 Å². The SMILES string of the molecule is CCc1c(C)nc(OCc2ccccc2)c(C(=O)OCc2ccccc2)c1OCc1ccccc1. The van der Waals surface area contributed by atoms with Crippen LogP contribution in [0, 0.1) is 6.92 Å². The first-order chi connectivity index (χ1) is 17.2. The molecule has 0 saturated heterocycles. The summed E-state index contributed by atoms with van der Waals surface area (Å²) in [6.45, 7) is 4.65. The Morgan fingerprint density at radius 3 is 1.71 bits per heavy atom. The Labute approximate surface area is 206 Å². The van der Waals surface area contributed by atoms with E-state index in [0.717, 1.165) is 27.9 Å². The van der Waals surface area contributed by atoms with Crippen LogP contribution in [0.5, 0.6) is 11.6 Å². The van der Waals surface area contributed by atoms with Crippen molar-refractivity contribution in [1.82, 2.24) is 4.98 Å². The number of nitrogens with zero attached hydrogens (tertiary/aromatic N) is 1. The van der Waals surface area contributed by atoms with E-state index in [1.807, 2.05) is 105 Å². The van der Waals surface area contributed by atoms with Crippen LogP contribution in [-0.2, 0) is 31.0 Å². The lowest BCUT2D eigenvalue weighted by atomic mass is 10.1. The summed E-state index contributed by atoms with van der Waals surface area (Å²) in [6, 6.07) is 29.2. The molecule has 3 aromatic carbocycles. The number of hydrogen-bond donors (Lipinski definition) is 0. The van der Waals surface area contributed by atoms with E-state index in [-0.39, 0.29) is 24.7 Å². The van der Waals surface area contributed by atoms with Crippen molar-refractivity contribution in [3.63, 3.8) is 0 Å². The molecule has 1 heterocycles. The van der Waals surface area contributed by atoms with E-state index in [9.17, 15) is 4.79 Å². The number of ether oxygens (including phenoxy) is 3. The van der Waals surface area contributed by atoms with Crippen LogP contribution in [0.4, 0.5) is 0 Å². The van der Waals surface area contributed by atoms with Crippen LogP contribution in [0.3, 0.4) is 0 Å². The van der Waals surface area contributed by atoms with Crippen molar-refractivity contribution in [2.45, 2.75) is 40.1 Å². The van der Waals surface area contributed by atoms with Crippen LogP contribution in [0.25, 0.3) is 0 Å². The summed E-state index contributed by atoms with van der Waals surface area (Å²) in [5, 5.41) is 0. The minimum absolute atomic E-state index is 0.144. The molecule has 0 aliphatic rings. The maximum Gasteiger partial charge on any atom is 0.347 e. The second-order valence-corrected chi connectivity index (χ2v) is 8.15. The standard InChI is InChI=1S/C30H29NO4/c1-3-26-22(2)31-29(34-20-24-15-9-5-10-16-24)27(28(26)33-19-23-13-7-4-8-14-23)30(32)35-21-25-17-11-6-12-18-25/h4-18H,3,19-21H2,1-2H3. The fourth-order valence-corrected chi connectivity index (χ4v) is 3.80. The highest BCUT2D eigenvalue weighted by Crippen LogP contribution is 2.35. The van der Waals surface area contributed by atoms with Gasteiger partial charge in [0.15, 0.2) is 5.56 Å². The molecule has 35 heavy (non-hydrogen) atoms. The highest BCUT2D eigenvalue weighted by atomic mass is 16.5. The van der Waals surface area contributed by atoms with Crippen LogP contribution in [0.1, 0.15) is 45.2 Å². The monoisotopic (exact) mass is 467 g/mol. The van der Waals surface area contributed by atoms with Crippen molar-refractivity contribution < 1.29 is 19.0 Å². The number of pyridine rings is 1. The average Bonchev–Trinajstić information content (AvgIpc) is 2.91. The van der Waals surface area contributed by atoms with Crippen molar-refractivity contribution in [3.8, 4) is 11.6 Å². The number of carbonyl (C=O) groups excluding carboxylic acids is 1.